The van der Waals surface area contributed by atoms with Crippen molar-refractivity contribution in [3.8, 4) is 5.75 Å². The highest BCUT2D eigenvalue weighted by molar-refractivity contribution is 7.99. The zero-order valence-corrected chi connectivity index (χ0v) is 16.3. The van der Waals surface area contributed by atoms with Crippen LogP contribution in [-0.2, 0) is 18.4 Å². The number of nitrogens with zero attached hydrogens (tertiary/aromatic N) is 3. The number of amides is 1. The molecule has 0 bridgehead atoms. The topological polar surface area (TPSA) is 64.4 Å². The van der Waals surface area contributed by atoms with Gasteiger partial charge in [-0.3, -0.25) is 14.2 Å². The third-order valence-electron chi connectivity index (χ3n) is 4.29. The van der Waals surface area contributed by atoms with E-state index in [0.717, 1.165) is 11.3 Å². The second-order valence-corrected chi connectivity index (χ2v) is 7.07. The van der Waals surface area contributed by atoms with Crippen molar-refractivity contribution in [1.82, 2.24) is 14.5 Å². The van der Waals surface area contributed by atoms with Gasteiger partial charge in [-0.25, -0.2) is 4.98 Å². The number of carbonyl (C=O) groups is 1. The number of hydrogen-bond acceptors (Lipinski definition) is 5. The first kappa shape index (κ1) is 19.0. The van der Waals surface area contributed by atoms with E-state index in [2.05, 4.69) is 4.98 Å². The van der Waals surface area contributed by atoms with Crippen LogP contribution in [0, 0.1) is 0 Å². The Hall–Kier alpha value is -2.80. The van der Waals surface area contributed by atoms with Gasteiger partial charge in [-0.05, 0) is 18.2 Å². The standard InChI is InChI=1S/C20H21N3O3S/c1-22(12-14-8-4-7-11-17(14)26-3)18(24)13-27-20-21-16-10-6-5-9-15(16)19(25)23(20)2/h4-11H,12-13H2,1-3H3. The molecule has 7 heteroatoms. The summed E-state index contributed by atoms with van der Waals surface area (Å²) in [6.07, 6.45) is 0. The molecule has 0 radical (unpaired) electrons. The van der Waals surface area contributed by atoms with Crippen molar-refractivity contribution in [2.24, 2.45) is 7.05 Å². The molecule has 3 aromatic rings. The summed E-state index contributed by atoms with van der Waals surface area (Å²) in [6, 6.07) is 14.8. The number of thioether (sulfide) groups is 1. The highest BCUT2D eigenvalue weighted by atomic mass is 32.2. The fourth-order valence-electron chi connectivity index (χ4n) is 2.74. The fraction of sp³-hybridized carbons (Fsp3) is 0.250. The molecule has 0 saturated carbocycles. The number of para-hydroxylation sites is 2. The number of rotatable bonds is 6. The van der Waals surface area contributed by atoms with Gasteiger partial charge >= 0.3 is 0 Å². The predicted octanol–water partition coefficient (Wildman–Crippen LogP) is 2.69. The highest BCUT2D eigenvalue weighted by Gasteiger charge is 2.15. The van der Waals surface area contributed by atoms with Crippen LogP contribution >= 0.6 is 11.8 Å². The molecule has 27 heavy (non-hydrogen) atoms. The summed E-state index contributed by atoms with van der Waals surface area (Å²) in [7, 11) is 5.04. The fourth-order valence-corrected chi connectivity index (χ4v) is 3.65. The zero-order valence-electron chi connectivity index (χ0n) is 15.5. The molecule has 0 spiro atoms. The molecule has 0 aliphatic rings. The van der Waals surface area contributed by atoms with Crippen LogP contribution < -0.4 is 10.3 Å². The summed E-state index contributed by atoms with van der Waals surface area (Å²) < 4.78 is 6.82. The third kappa shape index (κ3) is 4.14. The Labute approximate surface area is 161 Å². The molecular weight excluding hydrogens is 362 g/mol. The van der Waals surface area contributed by atoms with Crippen molar-refractivity contribution in [3.63, 3.8) is 0 Å². The maximum Gasteiger partial charge on any atom is 0.261 e. The van der Waals surface area contributed by atoms with E-state index >= 15 is 0 Å². The third-order valence-corrected chi connectivity index (χ3v) is 5.31. The molecular formula is C20H21N3O3S. The molecule has 6 nitrogen and oxygen atoms in total. The molecule has 2 aromatic carbocycles. The number of methoxy groups -OCH3 is 1. The Kier molecular flexibility index (Phi) is 5.81. The lowest BCUT2D eigenvalue weighted by Crippen LogP contribution is -2.28. The van der Waals surface area contributed by atoms with Gasteiger partial charge in [0.05, 0.1) is 23.8 Å². The number of fused-ring (bicyclic) bond motifs is 1. The first-order valence-corrected chi connectivity index (χ1v) is 9.44. The van der Waals surface area contributed by atoms with Gasteiger partial charge in [0.2, 0.25) is 5.91 Å². The van der Waals surface area contributed by atoms with E-state index < -0.39 is 0 Å². The van der Waals surface area contributed by atoms with E-state index in [9.17, 15) is 9.59 Å². The van der Waals surface area contributed by atoms with Gasteiger partial charge in [0.25, 0.3) is 5.56 Å². The van der Waals surface area contributed by atoms with Crippen molar-refractivity contribution in [2.75, 3.05) is 19.9 Å². The van der Waals surface area contributed by atoms with Crippen molar-refractivity contribution < 1.29 is 9.53 Å². The molecule has 3 rings (SSSR count). The smallest absolute Gasteiger partial charge is 0.261 e. The lowest BCUT2D eigenvalue weighted by Gasteiger charge is -2.19. The monoisotopic (exact) mass is 383 g/mol. The Bertz CT molecular complexity index is 1030. The van der Waals surface area contributed by atoms with Gasteiger partial charge in [-0.1, -0.05) is 42.1 Å². The Morgan fingerprint density at radius 3 is 2.67 bits per heavy atom. The zero-order chi connectivity index (χ0) is 19.4. The average molecular weight is 383 g/mol. The maximum atomic E-state index is 12.5. The molecule has 0 saturated heterocycles. The minimum atomic E-state index is -0.113. The Balaban J connectivity index is 1.71. The second-order valence-electron chi connectivity index (χ2n) is 6.13. The second kappa shape index (κ2) is 8.26. The van der Waals surface area contributed by atoms with Crippen LogP contribution in [0.25, 0.3) is 10.9 Å². The molecule has 0 fully saturated rings. The molecule has 0 aliphatic carbocycles. The molecule has 0 atom stereocenters. The number of ether oxygens (including phenoxy) is 1. The average Bonchev–Trinajstić information content (AvgIpc) is 2.69. The van der Waals surface area contributed by atoms with E-state index in [0.29, 0.717) is 22.6 Å². The van der Waals surface area contributed by atoms with E-state index in [1.807, 2.05) is 36.4 Å². The van der Waals surface area contributed by atoms with Gasteiger partial charge in [-0.2, -0.15) is 0 Å². The summed E-state index contributed by atoms with van der Waals surface area (Å²) in [5.41, 5.74) is 1.47. The Morgan fingerprint density at radius 1 is 1.19 bits per heavy atom. The summed E-state index contributed by atoms with van der Waals surface area (Å²) in [6.45, 7) is 0.452. The lowest BCUT2D eigenvalue weighted by molar-refractivity contribution is -0.127. The van der Waals surface area contributed by atoms with Crippen LogP contribution in [0.5, 0.6) is 5.75 Å². The predicted molar refractivity (Wildman–Crippen MR) is 107 cm³/mol. The molecule has 0 aliphatic heterocycles. The van der Waals surface area contributed by atoms with Crippen molar-refractivity contribution in [1.29, 1.82) is 0 Å². The summed E-state index contributed by atoms with van der Waals surface area (Å²) in [5, 5.41) is 1.10. The molecule has 140 valence electrons. The minimum absolute atomic E-state index is 0.0479. The first-order chi connectivity index (χ1) is 13.0. The van der Waals surface area contributed by atoms with Crippen LogP contribution in [0.1, 0.15) is 5.56 Å². The molecule has 0 unspecified atom stereocenters. The summed E-state index contributed by atoms with van der Waals surface area (Å²) in [4.78, 5) is 31.1. The normalized spacial score (nSPS) is 10.8. The van der Waals surface area contributed by atoms with Crippen molar-refractivity contribution in [3.05, 3.63) is 64.4 Å². The van der Waals surface area contributed by atoms with Gasteiger partial charge in [0.1, 0.15) is 5.75 Å². The minimum Gasteiger partial charge on any atom is -0.496 e. The first-order valence-electron chi connectivity index (χ1n) is 8.45. The van der Waals surface area contributed by atoms with E-state index in [1.165, 1.54) is 16.3 Å². The van der Waals surface area contributed by atoms with E-state index in [-0.39, 0.29) is 17.2 Å². The van der Waals surface area contributed by atoms with Crippen LogP contribution in [0.2, 0.25) is 0 Å². The highest BCUT2D eigenvalue weighted by Crippen LogP contribution is 2.20. The van der Waals surface area contributed by atoms with Gasteiger partial charge < -0.3 is 9.64 Å². The van der Waals surface area contributed by atoms with Crippen LogP contribution in [0.3, 0.4) is 0 Å². The number of benzene rings is 2. The van der Waals surface area contributed by atoms with E-state index in [1.54, 1.807) is 38.2 Å². The number of carbonyl (C=O) groups excluding carboxylic acids is 1. The quantitative estimate of drug-likeness (QED) is 0.484. The molecule has 1 aromatic heterocycles. The SMILES string of the molecule is COc1ccccc1CN(C)C(=O)CSc1nc2ccccc2c(=O)n1C. The summed E-state index contributed by atoms with van der Waals surface area (Å²) >= 11 is 1.26. The van der Waals surface area contributed by atoms with Gasteiger partial charge in [-0.15, -0.1) is 0 Å². The van der Waals surface area contributed by atoms with Gasteiger partial charge in [0.15, 0.2) is 5.16 Å². The van der Waals surface area contributed by atoms with E-state index in [4.69, 9.17) is 4.74 Å². The summed E-state index contributed by atoms with van der Waals surface area (Å²) in [5.74, 6) is 0.904. The molecule has 0 N–H and O–H groups in total. The van der Waals surface area contributed by atoms with Crippen LogP contribution in [0.15, 0.2) is 58.5 Å². The van der Waals surface area contributed by atoms with Gasteiger partial charge in [0, 0.05) is 26.2 Å². The van der Waals surface area contributed by atoms with Crippen molar-refractivity contribution in [2.45, 2.75) is 11.7 Å². The molecule has 1 amide bonds. The van der Waals surface area contributed by atoms with Crippen LogP contribution in [0.4, 0.5) is 0 Å². The van der Waals surface area contributed by atoms with Crippen LogP contribution in [-0.4, -0.2) is 40.3 Å². The number of hydrogen-bond donors (Lipinski definition) is 0. The largest absolute Gasteiger partial charge is 0.496 e. The van der Waals surface area contributed by atoms with Crippen molar-refractivity contribution >= 4 is 28.6 Å². The maximum absolute atomic E-state index is 12.5. The molecule has 1 heterocycles. The number of aromatic nitrogens is 2. The Morgan fingerprint density at radius 2 is 1.89 bits per heavy atom. The lowest BCUT2D eigenvalue weighted by atomic mass is 10.2.